The van der Waals surface area contributed by atoms with Crippen molar-refractivity contribution in [2.75, 3.05) is 6.61 Å². The molecule has 2 heterocycles. The van der Waals surface area contributed by atoms with Gasteiger partial charge in [0.25, 0.3) is 0 Å². The predicted octanol–water partition coefficient (Wildman–Crippen LogP) is 2.02. The Bertz CT molecular complexity index is 1660. The number of aliphatic hydroxyl groups is 3. The summed E-state index contributed by atoms with van der Waals surface area (Å²) in [4.78, 5) is 25.4. The number of aromatic hydroxyl groups is 3. The second kappa shape index (κ2) is 11.9. The van der Waals surface area contributed by atoms with Gasteiger partial charge in [0.2, 0.25) is 6.29 Å². The van der Waals surface area contributed by atoms with Gasteiger partial charge in [0.05, 0.1) is 6.61 Å². The molecule has 42 heavy (non-hydrogen) atoms. The van der Waals surface area contributed by atoms with E-state index in [1.807, 2.05) is 0 Å². The van der Waals surface area contributed by atoms with E-state index in [9.17, 15) is 40.2 Å². The summed E-state index contributed by atoms with van der Waals surface area (Å²) in [5.41, 5.74) is 0.422. The van der Waals surface area contributed by atoms with Crippen LogP contribution in [0.2, 0.25) is 0 Å². The van der Waals surface area contributed by atoms with Crippen LogP contribution in [0.4, 0.5) is 0 Å². The Hall–Kier alpha value is -4.88. The van der Waals surface area contributed by atoms with Gasteiger partial charge in [-0.1, -0.05) is 12.1 Å². The van der Waals surface area contributed by atoms with E-state index in [1.165, 1.54) is 54.6 Å². The molecule has 5 unspecified atom stereocenters. The lowest BCUT2D eigenvalue weighted by Crippen LogP contribution is -2.61. The van der Waals surface area contributed by atoms with Crippen LogP contribution in [-0.4, -0.2) is 73.9 Å². The topological polar surface area (TPSA) is 196 Å². The summed E-state index contributed by atoms with van der Waals surface area (Å²) in [5, 5.41) is 60.2. The maximum absolute atomic E-state index is 12.8. The second-order valence-corrected chi connectivity index (χ2v) is 9.49. The van der Waals surface area contributed by atoms with Gasteiger partial charge < -0.3 is 49.3 Å². The Kier molecular flexibility index (Phi) is 8.13. The number of carbonyl (C=O) groups is 1. The molecule has 5 atom stereocenters. The zero-order valence-corrected chi connectivity index (χ0v) is 21.7. The second-order valence-electron chi connectivity index (χ2n) is 9.49. The van der Waals surface area contributed by atoms with Crippen molar-refractivity contribution in [3.63, 3.8) is 0 Å². The molecule has 6 N–H and O–H groups in total. The molecule has 1 aliphatic rings. The number of hydrogen-bond acceptors (Lipinski definition) is 12. The van der Waals surface area contributed by atoms with Crippen LogP contribution in [0.15, 0.2) is 82.0 Å². The maximum atomic E-state index is 12.8. The average Bonchev–Trinajstić information content (AvgIpc) is 2.96. The minimum atomic E-state index is -1.74. The van der Waals surface area contributed by atoms with Gasteiger partial charge in [-0.15, -0.1) is 0 Å². The van der Waals surface area contributed by atoms with Gasteiger partial charge in [-0.3, -0.25) is 4.79 Å². The Morgan fingerprint density at radius 1 is 0.905 bits per heavy atom. The Morgan fingerprint density at radius 3 is 2.24 bits per heavy atom. The molecule has 12 heteroatoms. The van der Waals surface area contributed by atoms with Gasteiger partial charge in [-0.2, -0.15) is 0 Å². The van der Waals surface area contributed by atoms with Gasteiger partial charge >= 0.3 is 5.97 Å². The SMILES string of the molecule is O=C(C=Cc1ccc(O)cc1)OC1C(Oc2cc(O)c3c(=O)cc(-c4ccc(O)cc4)oc3c2)OC(CO)C(O)C1O. The molecule has 0 bridgehead atoms. The first kappa shape index (κ1) is 28.6. The molecule has 5 rings (SSSR count). The first-order valence-corrected chi connectivity index (χ1v) is 12.7. The van der Waals surface area contributed by atoms with Crippen LogP contribution < -0.4 is 10.2 Å². The summed E-state index contributed by atoms with van der Waals surface area (Å²) < 4.78 is 22.6. The number of phenols is 3. The molecular weight excluding hydrogens is 552 g/mol. The van der Waals surface area contributed by atoms with Crippen LogP contribution in [0.5, 0.6) is 23.0 Å². The predicted molar refractivity (Wildman–Crippen MR) is 147 cm³/mol. The molecule has 1 aromatic heterocycles. The number of rotatable bonds is 7. The highest BCUT2D eigenvalue weighted by Crippen LogP contribution is 2.34. The molecule has 4 aromatic rings. The number of fused-ring (bicyclic) bond motifs is 1. The quantitative estimate of drug-likeness (QED) is 0.138. The first-order valence-electron chi connectivity index (χ1n) is 12.7. The summed E-state index contributed by atoms with van der Waals surface area (Å²) in [6, 6.07) is 15.4. The molecule has 0 spiro atoms. The van der Waals surface area contributed by atoms with Crippen LogP contribution in [0, 0.1) is 0 Å². The maximum Gasteiger partial charge on any atom is 0.331 e. The molecule has 0 amide bonds. The molecule has 1 saturated heterocycles. The molecule has 12 nitrogen and oxygen atoms in total. The summed E-state index contributed by atoms with van der Waals surface area (Å²) in [6.45, 7) is -0.701. The minimum Gasteiger partial charge on any atom is -0.508 e. The zero-order chi connectivity index (χ0) is 30.0. The van der Waals surface area contributed by atoms with Crippen LogP contribution in [0.1, 0.15) is 5.56 Å². The van der Waals surface area contributed by atoms with E-state index < -0.39 is 54.5 Å². The van der Waals surface area contributed by atoms with Crippen molar-refractivity contribution in [2.24, 2.45) is 0 Å². The summed E-state index contributed by atoms with van der Waals surface area (Å²) in [6.07, 6.45) is -5.38. The molecule has 3 aromatic carbocycles. The third-order valence-electron chi connectivity index (χ3n) is 6.57. The first-order chi connectivity index (χ1) is 20.1. The molecule has 1 aliphatic heterocycles. The van der Waals surface area contributed by atoms with Gasteiger partial charge in [0.15, 0.2) is 11.5 Å². The Balaban J connectivity index is 1.43. The van der Waals surface area contributed by atoms with Crippen molar-refractivity contribution in [2.45, 2.75) is 30.7 Å². The number of esters is 1. The van der Waals surface area contributed by atoms with Crippen molar-refractivity contribution in [1.29, 1.82) is 0 Å². The lowest BCUT2D eigenvalue weighted by atomic mass is 9.99. The van der Waals surface area contributed by atoms with Gasteiger partial charge in [0.1, 0.15) is 58.0 Å². The highest BCUT2D eigenvalue weighted by atomic mass is 16.7. The van der Waals surface area contributed by atoms with Crippen molar-refractivity contribution < 1.29 is 54.1 Å². The van der Waals surface area contributed by atoms with E-state index in [2.05, 4.69) is 0 Å². The number of phenolic OH excluding ortho intramolecular Hbond substituents is 3. The summed E-state index contributed by atoms with van der Waals surface area (Å²) in [7, 11) is 0. The Morgan fingerprint density at radius 2 is 1.57 bits per heavy atom. The number of ether oxygens (including phenoxy) is 3. The lowest BCUT2D eigenvalue weighted by Gasteiger charge is -2.41. The molecule has 0 aliphatic carbocycles. The van der Waals surface area contributed by atoms with Crippen molar-refractivity contribution in [1.82, 2.24) is 0 Å². The smallest absolute Gasteiger partial charge is 0.331 e. The van der Waals surface area contributed by atoms with Crippen molar-refractivity contribution >= 4 is 23.0 Å². The Labute approximate surface area is 237 Å². The van der Waals surface area contributed by atoms with Crippen LogP contribution in [-0.2, 0) is 14.3 Å². The largest absolute Gasteiger partial charge is 0.508 e. The van der Waals surface area contributed by atoms with Crippen molar-refractivity contribution in [3.05, 3.63) is 88.6 Å². The van der Waals surface area contributed by atoms with E-state index in [-0.39, 0.29) is 34.0 Å². The summed E-state index contributed by atoms with van der Waals surface area (Å²) in [5.74, 6) is -1.33. The molecule has 1 fully saturated rings. The van der Waals surface area contributed by atoms with E-state index in [0.717, 1.165) is 12.1 Å². The fourth-order valence-corrected chi connectivity index (χ4v) is 4.41. The lowest BCUT2D eigenvalue weighted by molar-refractivity contribution is -0.281. The number of hydrogen-bond donors (Lipinski definition) is 6. The summed E-state index contributed by atoms with van der Waals surface area (Å²) >= 11 is 0. The number of benzene rings is 3. The van der Waals surface area contributed by atoms with E-state index in [4.69, 9.17) is 18.6 Å². The highest BCUT2D eigenvalue weighted by molar-refractivity contribution is 5.87. The zero-order valence-electron chi connectivity index (χ0n) is 21.7. The van der Waals surface area contributed by atoms with E-state index >= 15 is 0 Å². The van der Waals surface area contributed by atoms with Crippen LogP contribution in [0.3, 0.4) is 0 Å². The van der Waals surface area contributed by atoms with E-state index in [1.54, 1.807) is 12.1 Å². The van der Waals surface area contributed by atoms with Gasteiger partial charge in [0, 0.05) is 29.8 Å². The number of carbonyl (C=O) groups excluding carboxylic acids is 1. The average molecular weight is 579 g/mol. The van der Waals surface area contributed by atoms with Gasteiger partial charge in [-0.25, -0.2) is 4.79 Å². The fourth-order valence-electron chi connectivity index (χ4n) is 4.41. The highest BCUT2D eigenvalue weighted by Gasteiger charge is 2.48. The number of aliphatic hydroxyl groups excluding tert-OH is 3. The molecule has 0 radical (unpaired) electrons. The molecule has 218 valence electrons. The minimum absolute atomic E-state index is 0.0160. The van der Waals surface area contributed by atoms with E-state index in [0.29, 0.717) is 11.1 Å². The standard InChI is InChI=1S/C30H26O12/c31-14-24-27(37)28(38)29(42-25(36)10-3-15-1-6-17(32)7-2-15)30(41-24)39-19-11-20(34)26-21(35)13-22(40-23(26)12-19)16-4-8-18(33)9-5-16/h1-13,24,27-34,37-38H,14H2. The third-order valence-corrected chi connectivity index (χ3v) is 6.57. The van der Waals surface area contributed by atoms with Gasteiger partial charge in [-0.05, 0) is 48.0 Å². The van der Waals surface area contributed by atoms with Crippen LogP contribution >= 0.6 is 0 Å². The third kappa shape index (κ3) is 6.06. The molecular formula is C30H26O12. The fraction of sp³-hybridized carbons (Fsp3) is 0.200. The molecule has 0 saturated carbocycles. The van der Waals surface area contributed by atoms with Crippen molar-refractivity contribution in [3.8, 4) is 34.3 Å². The van der Waals surface area contributed by atoms with Crippen LogP contribution in [0.25, 0.3) is 28.4 Å². The monoisotopic (exact) mass is 578 g/mol. The normalized spacial score (nSPS) is 22.3.